The van der Waals surface area contributed by atoms with E-state index in [9.17, 15) is 0 Å². The molecule has 96 valence electrons. The Bertz CT molecular complexity index is 667. The number of hydrogen-bond acceptors (Lipinski definition) is 2. The summed E-state index contributed by atoms with van der Waals surface area (Å²) in [5.41, 5.74) is 10.4. The van der Waals surface area contributed by atoms with Crippen molar-refractivity contribution in [1.29, 1.82) is 5.26 Å². The molecule has 0 saturated carbocycles. The van der Waals surface area contributed by atoms with Crippen molar-refractivity contribution >= 4 is 15.9 Å². The summed E-state index contributed by atoms with van der Waals surface area (Å²) in [7, 11) is 0. The van der Waals surface area contributed by atoms with Crippen LogP contribution < -0.4 is 5.73 Å². The summed E-state index contributed by atoms with van der Waals surface area (Å²) in [5.74, 6) is 0. The highest BCUT2D eigenvalue weighted by atomic mass is 79.9. The van der Waals surface area contributed by atoms with Crippen LogP contribution in [0.2, 0.25) is 0 Å². The van der Waals surface area contributed by atoms with Gasteiger partial charge in [-0.3, -0.25) is 0 Å². The van der Waals surface area contributed by atoms with E-state index >= 15 is 0 Å². The first-order valence-corrected chi connectivity index (χ1v) is 7.15. The third-order valence-corrected chi connectivity index (χ3v) is 4.33. The van der Waals surface area contributed by atoms with Gasteiger partial charge in [0.05, 0.1) is 17.3 Å². The Morgan fingerprint density at radius 1 is 1.37 bits per heavy atom. The second-order valence-corrected chi connectivity index (χ2v) is 5.72. The van der Waals surface area contributed by atoms with Crippen LogP contribution in [-0.2, 0) is 6.42 Å². The molecule has 19 heavy (non-hydrogen) atoms. The monoisotopic (exact) mass is 315 g/mol. The van der Waals surface area contributed by atoms with Crippen LogP contribution in [0.15, 0.2) is 34.9 Å². The summed E-state index contributed by atoms with van der Waals surface area (Å²) in [6.45, 7) is 0. The number of rotatable bonds is 1. The van der Waals surface area contributed by atoms with Crippen LogP contribution in [0.3, 0.4) is 0 Å². The van der Waals surface area contributed by atoms with Crippen molar-refractivity contribution in [2.24, 2.45) is 5.73 Å². The number of nitrogens with zero attached hydrogens (tertiary/aromatic N) is 2. The fourth-order valence-electron chi connectivity index (χ4n) is 2.72. The first-order valence-electron chi connectivity index (χ1n) is 6.36. The van der Waals surface area contributed by atoms with Crippen LogP contribution in [0, 0.1) is 11.3 Å². The molecule has 2 N–H and O–H groups in total. The van der Waals surface area contributed by atoms with Crippen molar-refractivity contribution in [3.05, 3.63) is 51.8 Å². The number of nitrogens with two attached hydrogens (primary N) is 1. The van der Waals surface area contributed by atoms with E-state index in [2.05, 4.69) is 38.8 Å². The second-order valence-electron chi connectivity index (χ2n) is 4.86. The smallest absolute Gasteiger partial charge is 0.0992 e. The van der Waals surface area contributed by atoms with E-state index in [0.29, 0.717) is 5.56 Å². The molecule has 1 unspecified atom stereocenters. The standard InChI is InChI=1S/C15H14BrN3/c16-12-8-10(9-17)4-5-15(12)19-7-6-11-13(18)2-1-3-14(11)19/h4-8,13H,1-3,18H2. The van der Waals surface area contributed by atoms with Gasteiger partial charge < -0.3 is 10.3 Å². The lowest BCUT2D eigenvalue weighted by Gasteiger charge is -2.21. The maximum Gasteiger partial charge on any atom is 0.0992 e. The molecule has 0 aliphatic heterocycles. The molecule has 1 aromatic carbocycles. The predicted molar refractivity (Wildman–Crippen MR) is 78.1 cm³/mol. The van der Waals surface area contributed by atoms with Crippen molar-refractivity contribution in [3.63, 3.8) is 0 Å². The fraction of sp³-hybridized carbons (Fsp3) is 0.267. The molecule has 1 aliphatic carbocycles. The van der Waals surface area contributed by atoms with Gasteiger partial charge >= 0.3 is 0 Å². The van der Waals surface area contributed by atoms with E-state index in [4.69, 9.17) is 11.0 Å². The molecule has 1 atom stereocenters. The van der Waals surface area contributed by atoms with Crippen molar-refractivity contribution in [2.45, 2.75) is 25.3 Å². The number of benzene rings is 1. The topological polar surface area (TPSA) is 54.7 Å². The van der Waals surface area contributed by atoms with Gasteiger partial charge in [-0.2, -0.15) is 5.26 Å². The summed E-state index contributed by atoms with van der Waals surface area (Å²) in [6, 6.07) is 10.1. The van der Waals surface area contributed by atoms with Gasteiger partial charge in [-0.05, 0) is 65.0 Å². The Morgan fingerprint density at radius 2 is 2.21 bits per heavy atom. The zero-order valence-electron chi connectivity index (χ0n) is 10.4. The number of halogens is 1. The molecule has 0 radical (unpaired) electrons. The number of hydrogen-bond donors (Lipinski definition) is 1. The van der Waals surface area contributed by atoms with Gasteiger partial charge in [0.1, 0.15) is 0 Å². The average molecular weight is 316 g/mol. The van der Waals surface area contributed by atoms with Crippen molar-refractivity contribution in [3.8, 4) is 11.8 Å². The van der Waals surface area contributed by atoms with Crippen LogP contribution in [0.5, 0.6) is 0 Å². The summed E-state index contributed by atoms with van der Waals surface area (Å²) in [5, 5.41) is 8.92. The maximum absolute atomic E-state index is 8.92. The first-order chi connectivity index (χ1) is 9.20. The van der Waals surface area contributed by atoms with E-state index in [1.165, 1.54) is 11.3 Å². The molecule has 3 nitrogen and oxygen atoms in total. The molecular weight excluding hydrogens is 302 g/mol. The van der Waals surface area contributed by atoms with E-state index in [1.54, 1.807) is 0 Å². The van der Waals surface area contributed by atoms with Gasteiger partial charge in [0.25, 0.3) is 0 Å². The fourth-order valence-corrected chi connectivity index (χ4v) is 3.29. The zero-order chi connectivity index (χ0) is 13.4. The van der Waals surface area contributed by atoms with Crippen molar-refractivity contribution in [2.75, 3.05) is 0 Å². The van der Waals surface area contributed by atoms with Gasteiger partial charge in [0.15, 0.2) is 0 Å². The lowest BCUT2D eigenvalue weighted by atomic mass is 9.93. The number of fused-ring (bicyclic) bond motifs is 1. The minimum atomic E-state index is 0.155. The summed E-state index contributed by atoms with van der Waals surface area (Å²) in [6.07, 6.45) is 5.32. The zero-order valence-corrected chi connectivity index (χ0v) is 12.0. The molecular formula is C15H14BrN3. The summed E-state index contributed by atoms with van der Waals surface area (Å²) in [4.78, 5) is 0. The molecule has 0 amide bonds. The minimum Gasteiger partial charge on any atom is -0.324 e. The Morgan fingerprint density at radius 3 is 2.95 bits per heavy atom. The molecule has 1 heterocycles. The largest absolute Gasteiger partial charge is 0.324 e. The summed E-state index contributed by atoms with van der Waals surface area (Å²) < 4.78 is 3.11. The second kappa shape index (κ2) is 4.84. The Labute approximate surface area is 120 Å². The van der Waals surface area contributed by atoms with Gasteiger partial charge in [-0.25, -0.2) is 0 Å². The third-order valence-electron chi connectivity index (χ3n) is 3.69. The van der Waals surface area contributed by atoms with Gasteiger partial charge in [0, 0.05) is 22.4 Å². The van der Waals surface area contributed by atoms with E-state index in [-0.39, 0.29) is 6.04 Å². The molecule has 0 fully saturated rings. The highest BCUT2D eigenvalue weighted by Gasteiger charge is 2.21. The highest BCUT2D eigenvalue weighted by Crippen LogP contribution is 2.32. The van der Waals surface area contributed by atoms with Crippen LogP contribution in [-0.4, -0.2) is 4.57 Å². The Hall–Kier alpha value is -1.57. The molecule has 1 aliphatic rings. The van der Waals surface area contributed by atoms with Gasteiger partial charge in [-0.1, -0.05) is 0 Å². The van der Waals surface area contributed by atoms with Gasteiger partial charge in [-0.15, -0.1) is 0 Å². The molecule has 1 aromatic heterocycles. The molecule has 3 rings (SSSR count). The third kappa shape index (κ3) is 2.09. The SMILES string of the molecule is N#Cc1ccc(-n2ccc3c2CCCC3N)c(Br)c1. The molecule has 0 bridgehead atoms. The van der Waals surface area contributed by atoms with Crippen molar-refractivity contribution < 1.29 is 0 Å². The summed E-state index contributed by atoms with van der Waals surface area (Å²) >= 11 is 3.55. The lowest BCUT2D eigenvalue weighted by molar-refractivity contribution is 0.560. The van der Waals surface area contributed by atoms with E-state index in [0.717, 1.165) is 29.4 Å². The number of nitriles is 1. The average Bonchev–Trinajstić information content (AvgIpc) is 2.84. The van der Waals surface area contributed by atoms with Crippen LogP contribution in [0.1, 0.15) is 35.7 Å². The quantitative estimate of drug-likeness (QED) is 0.876. The van der Waals surface area contributed by atoms with Crippen molar-refractivity contribution in [1.82, 2.24) is 4.57 Å². The maximum atomic E-state index is 8.92. The Kier molecular flexibility index (Phi) is 3.17. The van der Waals surface area contributed by atoms with Crippen LogP contribution >= 0.6 is 15.9 Å². The van der Waals surface area contributed by atoms with Gasteiger partial charge in [0.2, 0.25) is 0 Å². The van der Waals surface area contributed by atoms with Crippen LogP contribution in [0.4, 0.5) is 0 Å². The normalized spacial score (nSPS) is 17.8. The Balaban J connectivity index is 2.11. The predicted octanol–water partition coefficient (Wildman–Crippen LogP) is 3.45. The lowest BCUT2D eigenvalue weighted by Crippen LogP contribution is -2.17. The highest BCUT2D eigenvalue weighted by molar-refractivity contribution is 9.10. The molecule has 4 heteroatoms. The first kappa shape index (κ1) is 12.5. The molecule has 0 saturated heterocycles. The number of aromatic nitrogens is 1. The van der Waals surface area contributed by atoms with Crippen LogP contribution in [0.25, 0.3) is 5.69 Å². The van der Waals surface area contributed by atoms with E-state index in [1.807, 2.05) is 18.2 Å². The molecule has 0 spiro atoms. The van der Waals surface area contributed by atoms with E-state index < -0.39 is 0 Å². The minimum absolute atomic E-state index is 0.155. The molecule has 2 aromatic rings.